The van der Waals surface area contributed by atoms with Crippen molar-refractivity contribution in [1.29, 1.82) is 0 Å². The van der Waals surface area contributed by atoms with E-state index < -0.39 is 17.2 Å². The van der Waals surface area contributed by atoms with Gasteiger partial charge in [-0.15, -0.1) is 0 Å². The third-order valence-electron chi connectivity index (χ3n) is 2.58. The first kappa shape index (κ1) is 11.5. The zero-order valence-electron chi connectivity index (χ0n) is 9.21. The lowest BCUT2D eigenvalue weighted by atomic mass is 10.0. The minimum Gasteiger partial charge on any atom is -0.298 e. The van der Waals surface area contributed by atoms with Gasteiger partial charge in [-0.05, 0) is 30.2 Å². The summed E-state index contributed by atoms with van der Waals surface area (Å²) in [5, 5.41) is 0. The molecule has 0 saturated carbocycles. The Morgan fingerprint density at radius 2 is 1.47 bits per heavy atom. The molecular formula is C14H10F2O. The van der Waals surface area contributed by atoms with Gasteiger partial charge in [0, 0.05) is 0 Å². The highest BCUT2D eigenvalue weighted by Crippen LogP contribution is 2.24. The van der Waals surface area contributed by atoms with Crippen molar-refractivity contribution < 1.29 is 13.6 Å². The van der Waals surface area contributed by atoms with Crippen molar-refractivity contribution >= 4 is 6.29 Å². The van der Waals surface area contributed by atoms with E-state index in [2.05, 4.69) is 0 Å². The SMILES string of the molecule is Cc1ccc(-c2cc(F)c(C=O)c(F)c2)cc1. The van der Waals surface area contributed by atoms with Crippen LogP contribution in [-0.4, -0.2) is 6.29 Å². The van der Waals surface area contributed by atoms with E-state index in [1.165, 1.54) is 0 Å². The van der Waals surface area contributed by atoms with Crippen molar-refractivity contribution in [2.24, 2.45) is 0 Å². The second kappa shape index (κ2) is 4.45. The summed E-state index contributed by atoms with van der Waals surface area (Å²) in [4.78, 5) is 10.5. The van der Waals surface area contributed by atoms with Crippen LogP contribution in [0, 0.1) is 18.6 Å². The number of carbonyl (C=O) groups excluding carboxylic acids is 1. The van der Waals surface area contributed by atoms with Gasteiger partial charge in [-0.1, -0.05) is 29.8 Å². The van der Waals surface area contributed by atoms with Crippen molar-refractivity contribution in [3.05, 3.63) is 59.2 Å². The maximum atomic E-state index is 13.4. The molecule has 0 heterocycles. The summed E-state index contributed by atoms with van der Waals surface area (Å²) in [7, 11) is 0. The van der Waals surface area contributed by atoms with Gasteiger partial charge in [-0.2, -0.15) is 0 Å². The molecule has 2 rings (SSSR count). The lowest BCUT2D eigenvalue weighted by Crippen LogP contribution is -1.94. The molecule has 0 spiro atoms. The van der Waals surface area contributed by atoms with E-state index >= 15 is 0 Å². The molecule has 0 aromatic heterocycles. The van der Waals surface area contributed by atoms with Crippen LogP contribution in [0.5, 0.6) is 0 Å². The first-order valence-corrected chi connectivity index (χ1v) is 5.13. The third kappa shape index (κ3) is 2.23. The van der Waals surface area contributed by atoms with E-state index in [0.29, 0.717) is 11.1 Å². The second-order valence-electron chi connectivity index (χ2n) is 3.84. The molecule has 2 aromatic rings. The van der Waals surface area contributed by atoms with Crippen molar-refractivity contribution in [2.45, 2.75) is 6.92 Å². The quantitative estimate of drug-likeness (QED) is 0.720. The van der Waals surface area contributed by atoms with Gasteiger partial charge in [0.1, 0.15) is 11.6 Å². The number of aryl methyl sites for hydroxylation is 1. The summed E-state index contributed by atoms with van der Waals surface area (Å²) in [6.07, 6.45) is 0.184. The van der Waals surface area contributed by atoms with Crippen LogP contribution in [0.4, 0.5) is 8.78 Å². The van der Waals surface area contributed by atoms with Gasteiger partial charge in [-0.25, -0.2) is 8.78 Å². The van der Waals surface area contributed by atoms with Gasteiger partial charge in [0.05, 0.1) is 5.56 Å². The Morgan fingerprint density at radius 3 is 1.94 bits per heavy atom. The molecule has 0 aliphatic heterocycles. The lowest BCUT2D eigenvalue weighted by molar-refractivity contribution is 0.111. The van der Waals surface area contributed by atoms with Crippen molar-refractivity contribution in [1.82, 2.24) is 0 Å². The van der Waals surface area contributed by atoms with E-state index in [0.717, 1.165) is 17.7 Å². The maximum absolute atomic E-state index is 13.4. The van der Waals surface area contributed by atoms with Crippen LogP contribution >= 0.6 is 0 Å². The third-order valence-corrected chi connectivity index (χ3v) is 2.58. The predicted molar refractivity (Wildman–Crippen MR) is 61.9 cm³/mol. The molecule has 3 heteroatoms. The number of hydrogen-bond acceptors (Lipinski definition) is 1. The molecule has 0 amide bonds. The summed E-state index contributed by atoms with van der Waals surface area (Å²) in [6.45, 7) is 1.93. The summed E-state index contributed by atoms with van der Waals surface area (Å²) in [5.41, 5.74) is 1.68. The molecule has 0 saturated heterocycles. The van der Waals surface area contributed by atoms with Crippen LogP contribution in [0.2, 0.25) is 0 Å². The first-order chi connectivity index (χ1) is 8.11. The highest BCUT2D eigenvalue weighted by molar-refractivity contribution is 5.78. The molecule has 86 valence electrons. The Labute approximate surface area is 97.7 Å². The van der Waals surface area contributed by atoms with Gasteiger partial charge >= 0.3 is 0 Å². The summed E-state index contributed by atoms with van der Waals surface area (Å²) < 4.78 is 26.8. The number of carbonyl (C=O) groups is 1. The van der Waals surface area contributed by atoms with E-state index in [-0.39, 0.29) is 6.29 Å². The number of rotatable bonds is 2. The van der Waals surface area contributed by atoms with Crippen molar-refractivity contribution in [2.75, 3.05) is 0 Å². The molecule has 1 nitrogen and oxygen atoms in total. The molecule has 0 N–H and O–H groups in total. The van der Waals surface area contributed by atoms with Crippen molar-refractivity contribution in [3.63, 3.8) is 0 Å². The summed E-state index contributed by atoms with van der Waals surface area (Å²) >= 11 is 0. The van der Waals surface area contributed by atoms with Crippen LogP contribution < -0.4 is 0 Å². The molecule has 0 radical (unpaired) electrons. The Bertz CT molecular complexity index is 536. The maximum Gasteiger partial charge on any atom is 0.155 e. The van der Waals surface area contributed by atoms with E-state index in [1.807, 2.05) is 19.1 Å². The first-order valence-electron chi connectivity index (χ1n) is 5.13. The van der Waals surface area contributed by atoms with Crippen LogP contribution in [0.15, 0.2) is 36.4 Å². The van der Waals surface area contributed by atoms with Gasteiger partial charge in [-0.3, -0.25) is 4.79 Å². The molecule has 0 bridgehead atoms. The van der Waals surface area contributed by atoms with Crippen LogP contribution in [0.25, 0.3) is 11.1 Å². The highest BCUT2D eigenvalue weighted by Gasteiger charge is 2.11. The van der Waals surface area contributed by atoms with E-state index in [4.69, 9.17) is 0 Å². The molecule has 0 unspecified atom stereocenters. The Balaban J connectivity index is 2.54. The minimum atomic E-state index is -0.837. The topological polar surface area (TPSA) is 17.1 Å². The minimum absolute atomic E-state index is 0.184. The number of halogens is 2. The zero-order valence-corrected chi connectivity index (χ0v) is 9.21. The summed E-state index contributed by atoms with van der Waals surface area (Å²) in [6, 6.07) is 9.61. The monoisotopic (exact) mass is 232 g/mol. The molecule has 0 fully saturated rings. The molecule has 17 heavy (non-hydrogen) atoms. The number of benzene rings is 2. The van der Waals surface area contributed by atoms with Crippen molar-refractivity contribution in [3.8, 4) is 11.1 Å². The number of aldehydes is 1. The van der Waals surface area contributed by atoms with Gasteiger partial charge in [0.2, 0.25) is 0 Å². The van der Waals surface area contributed by atoms with Crippen LogP contribution in [-0.2, 0) is 0 Å². The molecular weight excluding hydrogens is 222 g/mol. The van der Waals surface area contributed by atoms with Gasteiger partial charge in [0.25, 0.3) is 0 Å². The second-order valence-corrected chi connectivity index (χ2v) is 3.84. The lowest BCUT2D eigenvalue weighted by Gasteiger charge is -2.05. The largest absolute Gasteiger partial charge is 0.298 e. The summed E-state index contributed by atoms with van der Waals surface area (Å²) in [5.74, 6) is -1.67. The average Bonchev–Trinajstić information content (AvgIpc) is 2.29. The van der Waals surface area contributed by atoms with Crippen LogP contribution in [0.3, 0.4) is 0 Å². The highest BCUT2D eigenvalue weighted by atomic mass is 19.1. The molecule has 2 aromatic carbocycles. The fourth-order valence-corrected chi connectivity index (χ4v) is 1.61. The van der Waals surface area contributed by atoms with E-state index in [1.54, 1.807) is 12.1 Å². The fraction of sp³-hybridized carbons (Fsp3) is 0.0714. The zero-order chi connectivity index (χ0) is 12.4. The van der Waals surface area contributed by atoms with Gasteiger partial charge in [0.15, 0.2) is 6.29 Å². The predicted octanol–water partition coefficient (Wildman–Crippen LogP) is 3.75. The van der Waals surface area contributed by atoms with Crippen LogP contribution in [0.1, 0.15) is 15.9 Å². The number of hydrogen-bond donors (Lipinski definition) is 0. The molecule has 0 aliphatic rings. The standard InChI is InChI=1S/C14H10F2O/c1-9-2-4-10(5-3-9)11-6-13(15)12(8-17)14(16)7-11/h2-8H,1H3. The average molecular weight is 232 g/mol. The Hall–Kier alpha value is -2.03. The fourth-order valence-electron chi connectivity index (χ4n) is 1.61. The molecule has 0 aliphatic carbocycles. The van der Waals surface area contributed by atoms with Gasteiger partial charge < -0.3 is 0 Å². The van der Waals surface area contributed by atoms with E-state index in [9.17, 15) is 13.6 Å². The Morgan fingerprint density at radius 1 is 0.941 bits per heavy atom. The molecule has 0 atom stereocenters. The Kier molecular flexibility index (Phi) is 3.00. The normalized spacial score (nSPS) is 10.3. The smallest absolute Gasteiger partial charge is 0.155 e.